The van der Waals surface area contributed by atoms with Crippen LogP contribution in [0.3, 0.4) is 0 Å². The molecule has 0 bridgehead atoms. The molecule has 1 aromatic heterocycles. The highest BCUT2D eigenvalue weighted by Gasteiger charge is 2.27. The second-order valence-corrected chi connectivity index (χ2v) is 6.77. The molecule has 0 saturated heterocycles. The van der Waals surface area contributed by atoms with Crippen molar-refractivity contribution in [2.75, 3.05) is 13.1 Å². The smallest absolute Gasteiger partial charge is 0.347 e. The third-order valence-electron chi connectivity index (χ3n) is 5.22. The van der Waals surface area contributed by atoms with E-state index in [9.17, 15) is 4.79 Å². The van der Waals surface area contributed by atoms with E-state index in [0.717, 1.165) is 67.8 Å². The molecule has 1 aromatic carbocycles. The van der Waals surface area contributed by atoms with Gasteiger partial charge in [-0.05, 0) is 44.3 Å². The molecule has 0 radical (unpaired) electrons. The molecular formula is C22H29NO3. The minimum Gasteiger partial charge on any atom is -0.474 e. The van der Waals surface area contributed by atoms with Gasteiger partial charge in [0.05, 0.1) is 0 Å². The van der Waals surface area contributed by atoms with Crippen LogP contribution in [0.25, 0.3) is 11.1 Å². The van der Waals surface area contributed by atoms with Gasteiger partial charge in [-0.2, -0.15) is 0 Å². The molecule has 1 aliphatic rings. The third-order valence-corrected chi connectivity index (χ3v) is 5.22. The van der Waals surface area contributed by atoms with Crippen LogP contribution in [0, 0.1) is 0 Å². The Bertz CT molecular complexity index is 778. The summed E-state index contributed by atoms with van der Waals surface area (Å²) >= 11 is 0. The van der Waals surface area contributed by atoms with Gasteiger partial charge < -0.3 is 9.15 Å². The maximum atomic E-state index is 12.8. The lowest BCUT2D eigenvalue weighted by molar-refractivity contribution is 0.0287. The van der Waals surface area contributed by atoms with Gasteiger partial charge >= 0.3 is 5.63 Å². The Hall–Kier alpha value is -2.07. The molecule has 0 aliphatic heterocycles. The van der Waals surface area contributed by atoms with Gasteiger partial charge in [0.2, 0.25) is 0 Å². The monoisotopic (exact) mass is 355 g/mol. The molecule has 1 aliphatic carbocycles. The van der Waals surface area contributed by atoms with E-state index >= 15 is 0 Å². The highest BCUT2D eigenvalue weighted by atomic mass is 16.5. The first kappa shape index (κ1) is 18.7. The van der Waals surface area contributed by atoms with E-state index in [-0.39, 0.29) is 11.9 Å². The molecule has 2 aromatic rings. The van der Waals surface area contributed by atoms with Crippen molar-refractivity contribution in [1.82, 2.24) is 4.90 Å². The number of nitrogens with zero attached hydrogens (tertiary/aromatic N) is 1. The van der Waals surface area contributed by atoms with Gasteiger partial charge in [-0.1, -0.05) is 51.1 Å². The second-order valence-electron chi connectivity index (χ2n) is 6.77. The molecule has 3 rings (SSSR count). The molecule has 0 N–H and O–H groups in total. The summed E-state index contributed by atoms with van der Waals surface area (Å²) in [5.74, 6) is 1.55. The van der Waals surface area contributed by atoms with Crippen LogP contribution in [0.1, 0.15) is 51.4 Å². The topological polar surface area (TPSA) is 42.7 Å². The zero-order valence-electron chi connectivity index (χ0n) is 16.1. The van der Waals surface area contributed by atoms with Crippen molar-refractivity contribution in [1.29, 1.82) is 0 Å². The molecule has 26 heavy (non-hydrogen) atoms. The summed E-state index contributed by atoms with van der Waals surface area (Å²) in [4.78, 5) is 15.1. The van der Waals surface area contributed by atoms with Gasteiger partial charge in [-0.15, -0.1) is 0 Å². The zero-order valence-corrected chi connectivity index (χ0v) is 16.1. The maximum absolute atomic E-state index is 12.8. The first-order chi connectivity index (χ1) is 12.7. The molecule has 1 heterocycles. The Kier molecular flexibility index (Phi) is 6.15. The second kappa shape index (κ2) is 8.54. The molecule has 1 atom stereocenters. The lowest BCUT2D eigenvalue weighted by atomic mass is 9.93. The van der Waals surface area contributed by atoms with E-state index in [4.69, 9.17) is 9.15 Å². The standard InChI is InChI=1S/C22H29NO3/c1-4-19(23(5-2)6-3)26-21-17-14-10-11-15-18(17)25-22(24)20(21)16-12-8-7-9-13-16/h7-9,12-13,19H,4-6,10-11,14-15H2,1-3H3. The number of ether oxygens (including phenoxy) is 1. The van der Waals surface area contributed by atoms with Crippen LogP contribution >= 0.6 is 0 Å². The van der Waals surface area contributed by atoms with Crippen LogP contribution in [0.4, 0.5) is 0 Å². The fourth-order valence-corrected chi connectivity index (χ4v) is 3.80. The van der Waals surface area contributed by atoms with Crippen LogP contribution in [0.5, 0.6) is 5.75 Å². The van der Waals surface area contributed by atoms with Gasteiger partial charge in [-0.3, -0.25) is 4.90 Å². The van der Waals surface area contributed by atoms with Crippen LogP contribution in [0.2, 0.25) is 0 Å². The quantitative estimate of drug-likeness (QED) is 0.679. The first-order valence-electron chi connectivity index (χ1n) is 9.84. The lowest BCUT2D eigenvalue weighted by Crippen LogP contribution is -2.39. The minimum absolute atomic E-state index is 0.0414. The van der Waals surface area contributed by atoms with Crippen molar-refractivity contribution in [2.24, 2.45) is 0 Å². The SMILES string of the molecule is CCC(Oc1c2c(oc(=O)c1-c1ccccc1)CCCC2)N(CC)CC. The molecule has 0 saturated carbocycles. The zero-order chi connectivity index (χ0) is 18.5. The van der Waals surface area contributed by atoms with Crippen LogP contribution in [-0.2, 0) is 12.8 Å². The molecule has 0 fully saturated rings. The highest BCUT2D eigenvalue weighted by Crippen LogP contribution is 2.37. The van der Waals surface area contributed by atoms with Crippen molar-refractivity contribution in [3.05, 3.63) is 52.1 Å². The van der Waals surface area contributed by atoms with Crippen LogP contribution in [-0.4, -0.2) is 24.2 Å². The van der Waals surface area contributed by atoms with Gasteiger partial charge in [0, 0.05) is 12.0 Å². The summed E-state index contributed by atoms with van der Waals surface area (Å²) < 4.78 is 12.2. The number of rotatable bonds is 7. The van der Waals surface area contributed by atoms with Crippen molar-refractivity contribution in [3.63, 3.8) is 0 Å². The molecule has 4 nitrogen and oxygen atoms in total. The third kappa shape index (κ3) is 3.70. The Morgan fingerprint density at radius 2 is 1.77 bits per heavy atom. The van der Waals surface area contributed by atoms with Gasteiger partial charge in [0.15, 0.2) is 6.23 Å². The minimum atomic E-state index is -0.291. The van der Waals surface area contributed by atoms with E-state index < -0.39 is 0 Å². The Morgan fingerprint density at radius 1 is 1.08 bits per heavy atom. The molecule has 0 amide bonds. The number of hydrogen-bond acceptors (Lipinski definition) is 4. The van der Waals surface area contributed by atoms with E-state index in [1.807, 2.05) is 30.3 Å². The number of benzene rings is 1. The van der Waals surface area contributed by atoms with Crippen molar-refractivity contribution >= 4 is 0 Å². The van der Waals surface area contributed by atoms with Crippen molar-refractivity contribution < 1.29 is 9.15 Å². The molecule has 0 spiro atoms. The van der Waals surface area contributed by atoms with Crippen molar-refractivity contribution in [3.8, 4) is 16.9 Å². The van der Waals surface area contributed by atoms with E-state index in [2.05, 4.69) is 25.7 Å². The first-order valence-corrected chi connectivity index (χ1v) is 9.84. The number of hydrogen-bond donors (Lipinski definition) is 0. The average molecular weight is 355 g/mol. The van der Waals surface area contributed by atoms with E-state index in [1.165, 1.54) is 0 Å². The van der Waals surface area contributed by atoms with Crippen LogP contribution < -0.4 is 10.4 Å². The molecule has 140 valence electrons. The van der Waals surface area contributed by atoms with Gasteiger partial charge in [0.25, 0.3) is 0 Å². The molecular weight excluding hydrogens is 326 g/mol. The Labute approximate surface area is 155 Å². The predicted octanol–water partition coefficient (Wildman–Crippen LogP) is 4.64. The van der Waals surface area contributed by atoms with E-state index in [0.29, 0.717) is 5.56 Å². The molecule has 1 unspecified atom stereocenters. The fraction of sp³-hybridized carbons (Fsp3) is 0.500. The number of aryl methyl sites for hydroxylation is 1. The lowest BCUT2D eigenvalue weighted by Gasteiger charge is -2.31. The molecule has 4 heteroatoms. The summed E-state index contributed by atoms with van der Waals surface area (Å²) in [5, 5.41) is 0. The maximum Gasteiger partial charge on any atom is 0.347 e. The summed E-state index contributed by atoms with van der Waals surface area (Å²) in [6.45, 7) is 8.24. The summed E-state index contributed by atoms with van der Waals surface area (Å²) in [6.07, 6.45) is 4.72. The largest absolute Gasteiger partial charge is 0.474 e. The Balaban J connectivity index is 2.14. The summed E-state index contributed by atoms with van der Waals surface area (Å²) in [7, 11) is 0. The van der Waals surface area contributed by atoms with Crippen molar-refractivity contribution in [2.45, 2.75) is 59.1 Å². The van der Waals surface area contributed by atoms with Gasteiger partial charge in [-0.25, -0.2) is 4.79 Å². The van der Waals surface area contributed by atoms with Crippen LogP contribution in [0.15, 0.2) is 39.5 Å². The highest BCUT2D eigenvalue weighted by molar-refractivity contribution is 5.71. The normalized spacial score (nSPS) is 14.9. The fourth-order valence-electron chi connectivity index (χ4n) is 3.80. The predicted molar refractivity (Wildman–Crippen MR) is 105 cm³/mol. The van der Waals surface area contributed by atoms with Gasteiger partial charge in [0.1, 0.15) is 17.1 Å². The average Bonchev–Trinajstić information content (AvgIpc) is 2.68. The summed E-state index contributed by atoms with van der Waals surface area (Å²) in [6, 6.07) is 9.74. The number of fused-ring (bicyclic) bond motifs is 1. The summed E-state index contributed by atoms with van der Waals surface area (Å²) in [5.41, 5.74) is 2.22. The Morgan fingerprint density at radius 3 is 2.42 bits per heavy atom. The van der Waals surface area contributed by atoms with E-state index in [1.54, 1.807) is 0 Å².